The van der Waals surface area contributed by atoms with Crippen molar-refractivity contribution in [2.24, 2.45) is 0 Å². The maximum atomic E-state index is 5.79. The lowest BCUT2D eigenvalue weighted by Crippen LogP contribution is -2.11. The van der Waals surface area contributed by atoms with Crippen LogP contribution in [-0.4, -0.2) is 11.9 Å². The van der Waals surface area contributed by atoms with Crippen molar-refractivity contribution in [1.29, 1.82) is 0 Å². The van der Waals surface area contributed by atoms with Crippen LogP contribution in [0, 0.1) is 0 Å². The lowest BCUT2D eigenvalue weighted by atomic mass is 10.2. The van der Waals surface area contributed by atoms with Crippen LogP contribution < -0.4 is 0 Å². The van der Waals surface area contributed by atoms with Gasteiger partial charge in [-0.1, -0.05) is 42.0 Å². The summed E-state index contributed by atoms with van der Waals surface area (Å²) in [6, 6.07) is 0. The molecule has 0 aromatic heterocycles. The van der Waals surface area contributed by atoms with Crippen molar-refractivity contribution in [3.63, 3.8) is 0 Å². The van der Waals surface area contributed by atoms with Crippen LogP contribution >= 0.6 is 11.6 Å². The Bertz CT molecular complexity index is 285. The third-order valence-corrected chi connectivity index (χ3v) is 2.27. The van der Waals surface area contributed by atoms with E-state index in [2.05, 4.69) is 19.6 Å². The van der Waals surface area contributed by atoms with E-state index in [1.165, 1.54) is 5.57 Å². The first kappa shape index (κ1) is 13.1. The van der Waals surface area contributed by atoms with Gasteiger partial charge in [-0.3, -0.25) is 0 Å². The number of allylic oxidation sites excluding steroid dienone is 5. The maximum Gasteiger partial charge on any atom is 0.101 e. The summed E-state index contributed by atoms with van der Waals surface area (Å²) in [5.41, 5.74) is 2.25. The number of nitrogens with zero attached hydrogens (tertiary/aromatic N) is 1. The molecule has 0 unspecified atom stereocenters. The minimum absolute atomic E-state index is 0.515. The zero-order valence-corrected chi connectivity index (χ0v) is 10.1. The molecule has 0 aromatic rings. The molecule has 0 amide bonds. The molecule has 1 nitrogen and oxygen atoms in total. The van der Waals surface area contributed by atoms with Crippen molar-refractivity contribution >= 4 is 11.6 Å². The van der Waals surface area contributed by atoms with Crippen molar-refractivity contribution in [3.8, 4) is 0 Å². The molecule has 0 aromatic carbocycles. The van der Waals surface area contributed by atoms with Crippen LogP contribution in [0.5, 0.6) is 0 Å². The summed E-state index contributed by atoms with van der Waals surface area (Å²) in [6.45, 7) is 9.71. The molecule has 0 N–H and O–H groups in total. The summed E-state index contributed by atoms with van der Waals surface area (Å²) < 4.78 is 0. The van der Waals surface area contributed by atoms with Crippen LogP contribution in [0.15, 0.2) is 47.3 Å². The fourth-order valence-corrected chi connectivity index (χ4v) is 0.952. The van der Waals surface area contributed by atoms with Crippen LogP contribution in [-0.2, 0) is 0 Å². The molecule has 0 bridgehead atoms. The Morgan fingerprint density at radius 1 is 1.21 bits per heavy atom. The third kappa shape index (κ3) is 4.33. The molecule has 0 radical (unpaired) electrons. The van der Waals surface area contributed by atoms with Crippen molar-refractivity contribution in [2.75, 3.05) is 7.05 Å². The molecular formula is C12H18ClN. The second-order valence-electron chi connectivity index (χ2n) is 3.01. The number of likely N-dealkylation sites (N-methyl/N-ethyl adjacent to an activating group) is 1. The molecule has 0 saturated carbocycles. The Morgan fingerprint density at radius 2 is 1.79 bits per heavy atom. The Balaban J connectivity index is 4.63. The van der Waals surface area contributed by atoms with Crippen molar-refractivity contribution in [2.45, 2.75) is 20.8 Å². The van der Waals surface area contributed by atoms with Gasteiger partial charge in [0, 0.05) is 12.7 Å². The fraction of sp³-hybridized carbons (Fsp3) is 0.333. The summed E-state index contributed by atoms with van der Waals surface area (Å²) in [6.07, 6.45) is 8.11. The molecule has 0 fully saturated rings. The zero-order valence-electron chi connectivity index (χ0n) is 9.34. The second kappa shape index (κ2) is 6.50. The van der Waals surface area contributed by atoms with Crippen LogP contribution in [0.25, 0.3) is 0 Å². The molecule has 78 valence electrons. The Morgan fingerprint density at radius 3 is 2.14 bits per heavy atom. The standard InChI is InChI=1S/C12H18ClN/c1-6-10(3)8-9-12(7-2)14(5)11(4)13/h6-9H,4H2,1-3,5H3/b9-8-,10-6-,12-7-. The molecule has 0 aliphatic carbocycles. The molecule has 14 heavy (non-hydrogen) atoms. The van der Waals surface area contributed by atoms with Crippen molar-refractivity contribution < 1.29 is 0 Å². The van der Waals surface area contributed by atoms with Gasteiger partial charge >= 0.3 is 0 Å². The normalized spacial score (nSPS) is 13.5. The summed E-state index contributed by atoms with van der Waals surface area (Å²) in [4.78, 5) is 1.83. The molecule has 0 spiro atoms. The Hall–Kier alpha value is -0.950. The van der Waals surface area contributed by atoms with E-state index >= 15 is 0 Å². The smallest absolute Gasteiger partial charge is 0.101 e. The molecule has 0 aliphatic heterocycles. The molecule has 0 aliphatic rings. The van der Waals surface area contributed by atoms with Gasteiger partial charge in [0.1, 0.15) is 5.16 Å². The summed E-state index contributed by atoms with van der Waals surface area (Å²) in [5.74, 6) is 0. The predicted octanol–water partition coefficient (Wildman–Crippen LogP) is 4.05. The molecular weight excluding hydrogens is 194 g/mol. The fourth-order valence-electron chi connectivity index (χ4n) is 0.855. The number of hydrogen-bond acceptors (Lipinski definition) is 1. The van der Waals surface area contributed by atoms with Crippen molar-refractivity contribution in [3.05, 3.63) is 47.3 Å². The average Bonchev–Trinajstić information content (AvgIpc) is 2.17. The van der Waals surface area contributed by atoms with Crippen LogP contribution in [0.2, 0.25) is 0 Å². The first-order chi connectivity index (χ1) is 6.52. The van der Waals surface area contributed by atoms with E-state index in [0.29, 0.717) is 5.16 Å². The largest absolute Gasteiger partial charge is 0.336 e. The summed E-state index contributed by atoms with van der Waals surface area (Å²) >= 11 is 5.79. The van der Waals surface area contributed by atoms with Gasteiger partial charge in [-0.15, -0.1) is 0 Å². The predicted molar refractivity (Wildman–Crippen MR) is 65.1 cm³/mol. The highest BCUT2D eigenvalue weighted by Crippen LogP contribution is 2.13. The summed E-state index contributed by atoms with van der Waals surface area (Å²) in [5, 5.41) is 0.515. The Labute approximate surface area is 92.1 Å². The highest BCUT2D eigenvalue weighted by Gasteiger charge is 2.00. The van der Waals surface area contributed by atoms with Gasteiger partial charge in [0.05, 0.1) is 0 Å². The molecule has 2 heteroatoms. The first-order valence-electron chi connectivity index (χ1n) is 4.58. The minimum atomic E-state index is 0.515. The number of halogens is 1. The third-order valence-electron chi connectivity index (χ3n) is 2.02. The van der Waals surface area contributed by atoms with Crippen molar-refractivity contribution in [1.82, 2.24) is 4.90 Å². The highest BCUT2D eigenvalue weighted by molar-refractivity contribution is 6.28. The lowest BCUT2D eigenvalue weighted by molar-refractivity contribution is 0.572. The van der Waals surface area contributed by atoms with E-state index in [1.54, 1.807) is 0 Å². The van der Waals surface area contributed by atoms with E-state index in [1.807, 2.05) is 44.0 Å². The van der Waals surface area contributed by atoms with Gasteiger partial charge in [0.2, 0.25) is 0 Å². The maximum absolute atomic E-state index is 5.79. The van der Waals surface area contributed by atoms with Gasteiger partial charge < -0.3 is 4.90 Å². The van der Waals surface area contributed by atoms with Crippen LogP contribution in [0.1, 0.15) is 20.8 Å². The molecule has 0 heterocycles. The van der Waals surface area contributed by atoms with Crippen LogP contribution in [0.4, 0.5) is 0 Å². The van der Waals surface area contributed by atoms with Gasteiger partial charge in [0.15, 0.2) is 0 Å². The first-order valence-corrected chi connectivity index (χ1v) is 4.96. The molecule has 0 saturated heterocycles. The minimum Gasteiger partial charge on any atom is -0.336 e. The monoisotopic (exact) mass is 211 g/mol. The molecule has 0 atom stereocenters. The van der Waals surface area contributed by atoms with Gasteiger partial charge in [-0.25, -0.2) is 0 Å². The lowest BCUT2D eigenvalue weighted by Gasteiger charge is -2.17. The number of rotatable bonds is 4. The quantitative estimate of drug-likeness (QED) is 0.501. The van der Waals surface area contributed by atoms with E-state index in [-0.39, 0.29) is 0 Å². The SMILES string of the molecule is C=C(Cl)N(C)C(/C=C\C(C)=C/C)=C\C. The highest BCUT2D eigenvalue weighted by atomic mass is 35.5. The zero-order chi connectivity index (χ0) is 11.1. The van der Waals surface area contributed by atoms with E-state index in [9.17, 15) is 0 Å². The summed E-state index contributed by atoms with van der Waals surface area (Å²) in [7, 11) is 1.89. The van der Waals surface area contributed by atoms with Gasteiger partial charge in [-0.2, -0.15) is 0 Å². The number of hydrogen-bond donors (Lipinski definition) is 0. The van der Waals surface area contributed by atoms with Crippen LogP contribution in [0.3, 0.4) is 0 Å². The van der Waals surface area contributed by atoms with E-state index < -0.39 is 0 Å². The molecule has 0 rings (SSSR count). The van der Waals surface area contributed by atoms with E-state index in [4.69, 9.17) is 11.6 Å². The second-order valence-corrected chi connectivity index (χ2v) is 3.45. The van der Waals surface area contributed by atoms with E-state index in [0.717, 1.165) is 5.70 Å². The van der Waals surface area contributed by atoms with Gasteiger partial charge in [-0.05, 0) is 26.8 Å². The van der Waals surface area contributed by atoms with Gasteiger partial charge in [0.25, 0.3) is 0 Å². The topological polar surface area (TPSA) is 3.24 Å². The Kier molecular flexibility index (Phi) is 6.06. The average molecular weight is 212 g/mol.